The lowest BCUT2D eigenvalue weighted by molar-refractivity contribution is -0.146. The molecular formula is C31H36N4O2. The van der Waals surface area contributed by atoms with E-state index in [0.717, 1.165) is 74.3 Å². The van der Waals surface area contributed by atoms with Crippen molar-refractivity contribution < 1.29 is 9.59 Å². The maximum atomic E-state index is 13.3. The Hall–Kier alpha value is -3.33. The highest BCUT2D eigenvalue weighted by molar-refractivity contribution is 5.94. The van der Waals surface area contributed by atoms with Gasteiger partial charge in [0.1, 0.15) is 0 Å². The summed E-state index contributed by atoms with van der Waals surface area (Å²) >= 11 is 0. The molecule has 2 amide bonds. The molecule has 1 aliphatic heterocycles. The van der Waals surface area contributed by atoms with Crippen LogP contribution in [0.3, 0.4) is 0 Å². The van der Waals surface area contributed by atoms with Gasteiger partial charge in [0.05, 0.1) is 11.6 Å². The fourth-order valence-corrected chi connectivity index (χ4v) is 7.83. The van der Waals surface area contributed by atoms with Gasteiger partial charge in [-0.3, -0.25) is 9.59 Å². The number of rotatable bonds is 5. The van der Waals surface area contributed by atoms with Gasteiger partial charge in [0.15, 0.2) is 0 Å². The average Bonchev–Trinajstić information content (AvgIpc) is 3.17. The van der Waals surface area contributed by atoms with E-state index in [9.17, 15) is 9.59 Å². The van der Waals surface area contributed by atoms with Crippen molar-refractivity contribution in [3.05, 3.63) is 65.2 Å². The molecule has 2 aromatic carbocycles. The summed E-state index contributed by atoms with van der Waals surface area (Å²) in [5.41, 5.74) is 3.36. The average molecular weight is 497 g/mol. The topological polar surface area (TPSA) is 76.4 Å². The van der Waals surface area contributed by atoms with Crippen molar-refractivity contribution in [3.8, 4) is 6.07 Å². The lowest BCUT2D eigenvalue weighted by atomic mass is 9.49. The second kappa shape index (κ2) is 9.85. The quantitative estimate of drug-likeness (QED) is 0.649. The van der Waals surface area contributed by atoms with Crippen LogP contribution >= 0.6 is 0 Å². The van der Waals surface area contributed by atoms with Gasteiger partial charge >= 0.3 is 0 Å². The first-order valence-corrected chi connectivity index (χ1v) is 13.9. The minimum Gasteiger partial charge on any atom is -0.370 e. The van der Waals surface area contributed by atoms with Crippen LogP contribution in [-0.4, -0.2) is 42.9 Å². The summed E-state index contributed by atoms with van der Waals surface area (Å²) in [6, 6.07) is 17.6. The van der Waals surface area contributed by atoms with E-state index in [1.807, 2.05) is 53.4 Å². The Morgan fingerprint density at radius 1 is 0.865 bits per heavy atom. The summed E-state index contributed by atoms with van der Waals surface area (Å²) < 4.78 is 0. The molecule has 1 saturated heterocycles. The van der Waals surface area contributed by atoms with Crippen LogP contribution in [0, 0.1) is 34.5 Å². The zero-order valence-electron chi connectivity index (χ0n) is 21.5. The first-order chi connectivity index (χ1) is 18.0. The highest BCUT2D eigenvalue weighted by atomic mass is 16.2. The van der Waals surface area contributed by atoms with Gasteiger partial charge in [-0.25, -0.2) is 0 Å². The van der Waals surface area contributed by atoms with Gasteiger partial charge in [0, 0.05) is 49.4 Å². The molecule has 4 bridgehead atoms. The van der Waals surface area contributed by atoms with Crippen LogP contribution < -0.4 is 10.2 Å². The van der Waals surface area contributed by atoms with E-state index in [0.29, 0.717) is 24.2 Å². The Labute approximate surface area is 219 Å². The van der Waals surface area contributed by atoms with E-state index < -0.39 is 0 Å². The van der Waals surface area contributed by atoms with Gasteiger partial charge in [-0.05, 0) is 105 Å². The van der Waals surface area contributed by atoms with Gasteiger partial charge in [0.2, 0.25) is 5.91 Å². The molecule has 5 aliphatic rings. The van der Waals surface area contributed by atoms with Crippen LogP contribution in [-0.2, 0) is 11.3 Å². The monoisotopic (exact) mass is 496 g/mol. The Morgan fingerprint density at radius 3 is 2.14 bits per heavy atom. The molecule has 4 aliphatic carbocycles. The molecule has 2 aromatic rings. The van der Waals surface area contributed by atoms with Crippen molar-refractivity contribution >= 4 is 17.5 Å². The molecule has 6 heteroatoms. The Morgan fingerprint density at radius 2 is 1.51 bits per heavy atom. The second-order valence-corrected chi connectivity index (χ2v) is 11.9. The molecule has 37 heavy (non-hydrogen) atoms. The number of nitrogens with one attached hydrogen (secondary N) is 1. The maximum absolute atomic E-state index is 13.3. The minimum atomic E-state index is -0.122. The number of benzene rings is 2. The van der Waals surface area contributed by atoms with Crippen LogP contribution in [0.15, 0.2) is 48.5 Å². The molecule has 7 rings (SSSR count). The molecule has 6 nitrogen and oxygen atoms in total. The van der Waals surface area contributed by atoms with Crippen LogP contribution in [0.1, 0.15) is 66.4 Å². The number of carbonyl (C=O) groups excluding carboxylic acids is 2. The highest BCUT2D eigenvalue weighted by Crippen LogP contribution is 2.60. The Balaban J connectivity index is 1.03. The van der Waals surface area contributed by atoms with Crippen molar-refractivity contribution in [1.29, 1.82) is 5.26 Å². The predicted molar refractivity (Wildman–Crippen MR) is 143 cm³/mol. The summed E-state index contributed by atoms with van der Waals surface area (Å²) in [4.78, 5) is 30.7. The molecule has 0 radical (unpaired) electrons. The number of hydrogen-bond acceptors (Lipinski definition) is 4. The molecule has 192 valence electrons. The number of nitriles is 1. The molecule has 0 unspecified atom stereocenters. The van der Waals surface area contributed by atoms with Crippen LogP contribution in [0.5, 0.6) is 0 Å². The van der Waals surface area contributed by atoms with E-state index in [-0.39, 0.29) is 17.2 Å². The normalized spacial score (nSPS) is 28.5. The molecule has 1 N–H and O–H groups in total. The van der Waals surface area contributed by atoms with Gasteiger partial charge in [0.25, 0.3) is 5.91 Å². The zero-order valence-corrected chi connectivity index (χ0v) is 21.5. The maximum Gasteiger partial charge on any atom is 0.253 e. The Kier molecular flexibility index (Phi) is 6.40. The fraction of sp³-hybridized carbons (Fsp3) is 0.516. The standard InChI is InChI=1S/C31H36N4O2/c32-20-22-4-8-28(9-5-22)34-10-1-11-35(13-12-34)29(36)27-6-2-23(3-7-27)21-33-30(37)31-17-24-14-25(18-31)16-26(15-24)19-31/h2-9,24-26H,1,10-19,21H2,(H,33,37). The summed E-state index contributed by atoms with van der Waals surface area (Å²) in [6.45, 7) is 3.58. The smallest absolute Gasteiger partial charge is 0.253 e. The van der Waals surface area contributed by atoms with Gasteiger partial charge in [-0.15, -0.1) is 0 Å². The van der Waals surface area contributed by atoms with Crippen LogP contribution in [0.2, 0.25) is 0 Å². The minimum absolute atomic E-state index is 0.0610. The Bertz CT molecular complexity index is 1160. The highest BCUT2D eigenvalue weighted by Gasteiger charge is 2.54. The largest absolute Gasteiger partial charge is 0.370 e. The van der Waals surface area contributed by atoms with E-state index >= 15 is 0 Å². The summed E-state index contributed by atoms with van der Waals surface area (Å²) in [5, 5.41) is 12.3. The molecule has 0 spiro atoms. The van der Waals surface area contributed by atoms with Crippen molar-refractivity contribution in [2.24, 2.45) is 23.2 Å². The third kappa shape index (κ3) is 4.84. The number of anilines is 1. The first-order valence-electron chi connectivity index (χ1n) is 13.9. The number of hydrogen-bond donors (Lipinski definition) is 1. The fourth-order valence-electron chi connectivity index (χ4n) is 7.83. The molecule has 5 fully saturated rings. The number of amides is 2. The molecule has 4 saturated carbocycles. The number of carbonyl (C=O) groups is 2. The van der Waals surface area contributed by atoms with E-state index in [1.165, 1.54) is 19.3 Å². The van der Waals surface area contributed by atoms with Gasteiger partial charge in [-0.2, -0.15) is 5.26 Å². The van der Waals surface area contributed by atoms with Crippen molar-refractivity contribution in [2.75, 3.05) is 31.1 Å². The lowest BCUT2D eigenvalue weighted by Crippen LogP contribution is -2.53. The van der Waals surface area contributed by atoms with Gasteiger partial charge < -0.3 is 15.1 Å². The van der Waals surface area contributed by atoms with Crippen molar-refractivity contribution in [2.45, 2.75) is 51.5 Å². The molecule has 0 aromatic heterocycles. The second-order valence-electron chi connectivity index (χ2n) is 11.9. The summed E-state index contributed by atoms with van der Waals surface area (Å²) in [6.07, 6.45) is 8.16. The predicted octanol–water partition coefficient (Wildman–Crippen LogP) is 4.74. The summed E-state index contributed by atoms with van der Waals surface area (Å²) in [5.74, 6) is 2.60. The SMILES string of the molecule is N#Cc1ccc(N2CCCN(C(=O)c3ccc(CNC(=O)C45CC6CC(CC(C6)C4)C5)cc3)CC2)cc1. The van der Waals surface area contributed by atoms with E-state index in [1.54, 1.807) is 0 Å². The number of nitrogens with zero attached hydrogens (tertiary/aromatic N) is 3. The molecule has 1 heterocycles. The van der Waals surface area contributed by atoms with Crippen LogP contribution in [0.4, 0.5) is 5.69 Å². The third-order valence-corrected chi connectivity index (χ3v) is 9.32. The van der Waals surface area contributed by atoms with Crippen LogP contribution in [0.25, 0.3) is 0 Å². The molecule has 0 atom stereocenters. The van der Waals surface area contributed by atoms with Gasteiger partial charge in [-0.1, -0.05) is 12.1 Å². The summed E-state index contributed by atoms with van der Waals surface area (Å²) in [7, 11) is 0. The lowest BCUT2D eigenvalue weighted by Gasteiger charge is -2.55. The third-order valence-electron chi connectivity index (χ3n) is 9.32. The zero-order chi connectivity index (χ0) is 25.4. The van der Waals surface area contributed by atoms with Crippen molar-refractivity contribution in [1.82, 2.24) is 10.2 Å². The van der Waals surface area contributed by atoms with Crippen molar-refractivity contribution in [3.63, 3.8) is 0 Å². The van der Waals surface area contributed by atoms with E-state index in [2.05, 4.69) is 16.3 Å². The molecular weight excluding hydrogens is 460 g/mol. The first kappa shape index (κ1) is 24.0. The van der Waals surface area contributed by atoms with E-state index in [4.69, 9.17) is 5.26 Å².